The lowest BCUT2D eigenvalue weighted by atomic mass is 9.99. The molecule has 3 rings (SSSR count). The fourth-order valence-electron chi connectivity index (χ4n) is 3.68. The van der Waals surface area contributed by atoms with Crippen molar-refractivity contribution in [3.8, 4) is 0 Å². The number of hydrogen-bond acceptors (Lipinski definition) is 4. The summed E-state index contributed by atoms with van der Waals surface area (Å²) in [6, 6.07) is 18.5. The van der Waals surface area contributed by atoms with E-state index in [0.717, 1.165) is 18.5 Å². The van der Waals surface area contributed by atoms with Crippen LogP contribution < -0.4 is 0 Å². The van der Waals surface area contributed by atoms with E-state index in [2.05, 4.69) is 29.2 Å². The summed E-state index contributed by atoms with van der Waals surface area (Å²) < 4.78 is 26.1. The van der Waals surface area contributed by atoms with Crippen LogP contribution in [0.4, 0.5) is 0 Å². The molecule has 0 saturated carbocycles. The zero-order chi connectivity index (χ0) is 19.4. The van der Waals surface area contributed by atoms with Crippen molar-refractivity contribution < 1.29 is 13.6 Å². The van der Waals surface area contributed by atoms with Crippen molar-refractivity contribution in [1.29, 1.82) is 0 Å². The molecule has 0 bridgehead atoms. The lowest BCUT2D eigenvalue weighted by molar-refractivity contribution is 0.106. The topological polar surface area (TPSA) is 38.8 Å². The second kappa shape index (κ2) is 8.70. The number of benzene rings is 2. The highest BCUT2D eigenvalue weighted by molar-refractivity contribution is 7.54. The molecule has 1 aliphatic rings. The van der Waals surface area contributed by atoms with E-state index in [1.54, 1.807) is 0 Å². The van der Waals surface area contributed by atoms with Crippen molar-refractivity contribution in [2.75, 3.05) is 6.54 Å². The van der Waals surface area contributed by atoms with E-state index in [1.807, 2.05) is 58.0 Å². The molecule has 0 fully saturated rings. The maximum Gasteiger partial charge on any atom is 0.352 e. The summed E-state index contributed by atoms with van der Waals surface area (Å²) in [5.74, 6) is -0.396. The van der Waals surface area contributed by atoms with Gasteiger partial charge in [0.15, 0.2) is 0 Å². The SMILES string of the molecule is CC(C)OP(=O)(OC(C)C)C1c2ccccc2CCN1Cc1ccccc1. The van der Waals surface area contributed by atoms with E-state index in [4.69, 9.17) is 9.05 Å². The normalized spacial score (nSPS) is 18.1. The van der Waals surface area contributed by atoms with E-state index in [1.165, 1.54) is 11.1 Å². The Kier molecular flexibility index (Phi) is 6.54. The average molecular weight is 387 g/mol. The van der Waals surface area contributed by atoms with Crippen LogP contribution in [0, 0.1) is 0 Å². The highest BCUT2D eigenvalue weighted by atomic mass is 31.2. The molecule has 27 heavy (non-hydrogen) atoms. The number of nitrogens with zero attached hydrogens (tertiary/aromatic N) is 1. The Bertz CT molecular complexity index is 777. The molecule has 0 radical (unpaired) electrons. The summed E-state index contributed by atoms with van der Waals surface area (Å²) in [5.41, 5.74) is 3.48. The monoisotopic (exact) mass is 387 g/mol. The van der Waals surface area contributed by atoms with Gasteiger partial charge in [-0.05, 0) is 50.8 Å². The fraction of sp³-hybridized carbons (Fsp3) is 0.455. The molecule has 2 aromatic carbocycles. The van der Waals surface area contributed by atoms with Crippen LogP contribution in [0.25, 0.3) is 0 Å². The van der Waals surface area contributed by atoms with E-state index < -0.39 is 13.4 Å². The smallest absolute Gasteiger partial charge is 0.304 e. The van der Waals surface area contributed by atoms with Crippen LogP contribution in [0.15, 0.2) is 54.6 Å². The first-order valence-corrected chi connectivity index (χ1v) is 11.3. The molecular formula is C22H30NO3P. The van der Waals surface area contributed by atoms with Crippen LogP contribution in [0.3, 0.4) is 0 Å². The third-order valence-corrected chi connectivity index (χ3v) is 7.23. The Morgan fingerprint density at radius 1 is 0.963 bits per heavy atom. The largest absolute Gasteiger partial charge is 0.352 e. The summed E-state index contributed by atoms with van der Waals surface area (Å²) in [7, 11) is -3.41. The van der Waals surface area contributed by atoms with Crippen molar-refractivity contribution in [3.63, 3.8) is 0 Å². The highest BCUT2D eigenvalue weighted by Crippen LogP contribution is 2.65. The molecule has 0 aliphatic carbocycles. The van der Waals surface area contributed by atoms with Gasteiger partial charge in [-0.15, -0.1) is 0 Å². The predicted octanol–water partition coefficient (Wildman–Crippen LogP) is 5.79. The van der Waals surface area contributed by atoms with Gasteiger partial charge in [-0.2, -0.15) is 0 Å². The number of fused-ring (bicyclic) bond motifs is 1. The minimum absolute atomic E-state index is 0.178. The number of hydrogen-bond donors (Lipinski definition) is 0. The molecule has 1 atom stereocenters. The summed E-state index contributed by atoms with van der Waals surface area (Å²) in [6.07, 6.45) is 0.576. The molecule has 1 heterocycles. The maximum atomic E-state index is 14.1. The summed E-state index contributed by atoms with van der Waals surface area (Å²) in [4.78, 5) is 2.25. The van der Waals surface area contributed by atoms with Gasteiger partial charge in [-0.1, -0.05) is 54.6 Å². The lowest BCUT2D eigenvalue weighted by Gasteiger charge is -2.41. The third kappa shape index (κ3) is 4.89. The van der Waals surface area contributed by atoms with Crippen molar-refractivity contribution in [2.24, 2.45) is 0 Å². The van der Waals surface area contributed by atoms with Gasteiger partial charge in [0.05, 0.1) is 12.2 Å². The zero-order valence-electron chi connectivity index (χ0n) is 16.7. The first kappa shape index (κ1) is 20.3. The maximum absolute atomic E-state index is 14.1. The van der Waals surface area contributed by atoms with Crippen LogP contribution in [0.5, 0.6) is 0 Å². The van der Waals surface area contributed by atoms with Gasteiger partial charge in [-0.3, -0.25) is 9.46 Å². The molecule has 0 aromatic heterocycles. The molecule has 1 aliphatic heterocycles. The zero-order valence-corrected chi connectivity index (χ0v) is 17.6. The quantitative estimate of drug-likeness (QED) is 0.564. The van der Waals surface area contributed by atoms with Crippen molar-refractivity contribution in [3.05, 3.63) is 71.3 Å². The van der Waals surface area contributed by atoms with Gasteiger partial charge >= 0.3 is 7.60 Å². The van der Waals surface area contributed by atoms with E-state index in [9.17, 15) is 4.57 Å². The van der Waals surface area contributed by atoms with Crippen LogP contribution >= 0.6 is 7.60 Å². The molecule has 0 saturated heterocycles. The summed E-state index contributed by atoms with van der Waals surface area (Å²) in [6.45, 7) is 9.18. The van der Waals surface area contributed by atoms with Crippen LogP contribution in [-0.2, 0) is 26.6 Å². The van der Waals surface area contributed by atoms with Crippen molar-refractivity contribution >= 4 is 7.60 Å². The molecule has 0 N–H and O–H groups in total. The second-order valence-corrected chi connectivity index (χ2v) is 9.62. The van der Waals surface area contributed by atoms with Gasteiger partial charge in [0, 0.05) is 13.1 Å². The van der Waals surface area contributed by atoms with Gasteiger partial charge in [0.25, 0.3) is 0 Å². The minimum atomic E-state index is -3.41. The van der Waals surface area contributed by atoms with Gasteiger partial charge in [0.1, 0.15) is 5.78 Å². The molecular weight excluding hydrogens is 357 g/mol. The van der Waals surface area contributed by atoms with E-state index >= 15 is 0 Å². The Balaban J connectivity index is 2.04. The Morgan fingerprint density at radius 3 is 2.19 bits per heavy atom. The van der Waals surface area contributed by atoms with E-state index in [0.29, 0.717) is 6.54 Å². The summed E-state index contributed by atoms with van der Waals surface area (Å²) in [5, 5.41) is 0. The molecule has 1 unspecified atom stereocenters. The average Bonchev–Trinajstić information content (AvgIpc) is 2.60. The van der Waals surface area contributed by atoms with Gasteiger partial charge in [0.2, 0.25) is 0 Å². The minimum Gasteiger partial charge on any atom is -0.304 e. The van der Waals surface area contributed by atoms with Gasteiger partial charge < -0.3 is 9.05 Å². The summed E-state index contributed by atoms with van der Waals surface area (Å²) >= 11 is 0. The second-order valence-electron chi connectivity index (χ2n) is 7.63. The first-order chi connectivity index (χ1) is 12.9. The first-order valence-electron chi connectivity index (χ1n) is 9.71. The predicted molar refractivity (Wildman–Crippen MR) is 110 cm³/mol. The fourth-order valence-corrected chi connectivity index (χ4v) is 6.32. The molecule has 4 nitrogen and oxygen atoms in total. The third-order valence-electron chi connectivity index (χ3n) is 4.59. The molecule has 146 valence electrons. The van der Waals surface area contributed by atoms with Crippen LogP contribution in [0.1, 0.15) is 50.2 Å². The Hall–Kier alpha value is -1.45. The van der Waals surface area contributed by atoms with Crippen LogP contribution in [-0.4, -0.2) is 23.7 Å². The lowest BCUT2D eigenvalue weighted by Crippen LogP contribution is -2.36. The molecule has 0 spiro atoms. The Labute approximate surface area is 163 Å². The van der Waals surface area contributed by atoms with Crippen LogP contribution in [0.2, 0.25) is 0 Å². The van der Waals surface area contributed by atoms with Crippen molar-refractivity contribution in [2.45, 2.75) is 58.7 Å². The molecule has 5 heteroatoms. The Morgan fingerprint density at radius 2 is 1.56 bits per heavy atom. The molecule has 0 amide bonds. The standard InChI is InChI=1S/C22H30NO3P/c1-17(2)25-27(24,26-18(3)4)22-21-13-9-8-12-20(21)14-15-23(22)16-19-10-6-5-7-11-19/h5-13,17-18,22H,14-16H2,1-4H3. The number of rotatable bonds is 7. The van der Waals surface area contributed by atoms with Crippen molar-refractivity contribution in [1.82, 2.24) is 4.90 Å². The highest BCUT2D eigenvalue weighted by Gasteiger charge is 2.45. The van der Waals surface area contributed by atoms with E-state index in [-0.39, 0.29) is 12.2 Å². The van der Waals surface area contributed by atoms with Gasteiger partial charge in [-0.25, -0.2) is 0 Å². The molecule has 2 aromatic rings.